The third-order valence-electron chi connectivity index (χ3n) is 4.79. The van der Waals surface area contributed by atoms with Crippen LogP contribution in [-0.2, 0) is 6.18 Å². The predicted molar refractivity (Wildman–Crippen MR) is 109 cm³/mol. The van der Waals surface area contributed by atoms with Gasteiger partial charge in [0.1, 0.15) is 17.2 Å². The summed E-state index contributed by atoms with van der Waals surface area (Å²) in [7, 11) is 0. The van der Waals surface area contributed by atoms with E-state index < -0.39 is 29.6 Å². The lowest BCUT2D eigenvalue weighted by Gasteiger charge is -2.15. The Morgan fingerprint density at radius 1 is 1.15 bits per heavy atom. The van der Waals surface area contributed by atoms with Crippen LogP contribution in [-0.4, -0.2) is 30.6 Å². The molecular weight excluding hydrogens is 458 g/mol. The summed E-state index contributed by atoms with van der Waals surface area (Å²) in [5.74, 6) is -0.961. The van der Waals surface area contributed by atoms with Crippen LogP contribution in [0, 0.1) is 11.0 Å². The summed E-state index contributed by atoms with van der Waals surface area (Å²) >= 11 is 0. The fourth-order valence-electron chi connectivity index (χ4n) is 3.10. The highest BCUT2D eigenvalue weighted by Crippen LogP contribution is 2.27. The molecule has 0 aliphatic rings. The molecule has 4 rings (SSSR count). The maximum Gasteiger partial charge on any atom is 0.478 e. The molecule has 1 amide bonds. The second-order valence-corrected chi connectivity index (χ2v) is 7.13. The zero-order chi connectivity index (χ0) is 24.5. The third kappa shape index (κ3) is 4.67. The topological polar surface area (TPSA) is 113 Å². The lowest BCUT2D eigenvalue weighted by atomic mass is 10.1. The van der Waals surface area contributed by atoms with Crippen molar-refractivity contribution in [1.29, 1.82) is 0 Å². The molecule has 0 aromatic carbocycles. The molecule has 0 saturated heterocycles. The van der Waals surface area contributed by atoms with Crippen LogP contribution in [0.15, 0.2) is 61.4 Å². The van der Waals surface area contributed by atoms with E-state index in [0.29, 0.717) is 6.07 Å². The molecule has 0 aliphatic heterocycles. The lowest BCUT2D eigenvalue weighted by Crippen LogP contribution is -2.38. The van der Waals surface area contributed by atoms with Crippen molar-refractivity contribution in [3.05, 3.63) is 89.3 Å². The first kappa shape index (κ1) is 22.8. The summed E-state index contributed by atoms with van der Waals surface area (Å²) < 4.78 is 52.7. The Hall–Kier alpha value is -4.42. The molecule has 1 atom stereocenters. The van der Waals surface area contributed by atoms with Crippen LogP contribution >= 0.6 is 0 Å². The molecule has 0 radical (unpaired) electrons. The van der Waals surface area contributed by atoms with Gasteiger partial charge in [-0.15, -0.1) is 0 Å². The van der Waals surface area contributed by atoms with E-state index in [4.69, 9.17) is 0 Å². The molecule has 4 heterocycles. The molecule has 4 aromatic heterocycles. The number of hydrogen-bond acceptors (Lipinski definition) is 6. The lowest BCUT2D eigenvalue weighted by molar-refractivity contribution is -0.629. The van der Waals surface area contributed by atoms with Crippen LogP contribution in [0.5, 0.6) is 0 Å². The van der Waals surface area contributed by atoms with Crippen molar-refractivity contribution in [2.24, 2.45) is 0 Å². The van der Waals surface area contributed by atoms with Gasteiger partial charge in [-0.05, 0) is 25.1 Å². The average molecular weight is 473 g/mol. The van der Waals surface area contributed by atoms with E-state index in [1.807, 2.05) is 0 Å². The summed E-state index contributed by atoms with van der Waals surface area (Å²) in [4.78, 5) is 25.1. The normalized spacial score (nSPS) is 12.4. The van der Waals surface area contributed by atoms with Gasteiger partial charge in [-0.1, -0.05) is 0 Å². The number of rotatable bonds is 5. The van der Waals surface area contributed by atoms with E-state index >= 15 is 0 Å². The first-order chi connectivity index (χ1) is 16.1. The maximum absolute atomic E-state index is 13.2. The standard InChI is InChI=1S/C21H15F4N7O2/c1-12(13-2-4-17(21(23,24)25)32(34)10-13)29-20(33)15-11-31(18-5-3-14(22)8-28-18)30-19(15)16-9-26-6-7-27-16/h2-12H,1H3,(H,29,33)/t12-/m1/s1. The summed E-state index contributed by atoms with van der Waals surface area (Å²) in [5, 5.41) is 18.7. The number of amides is 1. The van der Waals surface area contributed by atoms with E-state index in [1.165, 1.54) is 48.5 Å². The van der Waals surface area contributed by atoms with Gasteiger partial charge in [0.2, 0.25) is 0 Å². The van der Waals surface area contributed by atoms with Gasteiger partial charge < -0.3 is 10.5 Å². The smallest absolute Gasteiger partial charge is 0.478 e. The minimum Gasteiger partial charge on any atom is -0.618 e. The Balaban J connectivity index is 1.66. The van der Waals surface area contributed by atoms with Crippen molar-refractivity contribution in [1.82, 2.24) is 30.0 Å². The van der Waals surface area contributed by atoms with Gasteiger partial charge in [0.05, 0.1) is 24.0 Å². The number of carbonyl (C=O) groups is 1. The molecule has 4 aromatic rings. The molecule has 0 aliphatic carbocycles. The van der Waals surface area contributed by atoms with Crippen molar-refractivity contribution >= 4 is 5.91 Å². The Labute approximate surface area is 189 Å². The van der Waals surface area contributed by atoms with E-state index in [2.05, 4.69) is 25.4 Å². The van der Waals surface area contributed by atoms with Gasteiger partial charge in [0, 0.05) is 30.2 Å². The van der Waals surface area contributed by atoms with Gasteiger partial charge in [0.25, 0.3) is 11.6 Å². The van der Waals surface area contributed by atoms with Crippen molar-refractivity contribution in [2.75, 3.05) is 0 Å². The molecular formula is C21H15F4N7O2. The Kier molecular flexibility index (Phi) is 5.92. The molecule has 13 heteroatoms. The number of halogens is 4. The number of pyridine rings is 2. The number of aromatic nitrogens is 6. The largest absolute Gasteiger partial charge is 0.618 e. The molecule has 9 nitrogen and oxygen atoms in total. The first-order valence-electron chi connectivity index (χ1n) is 9.72. The van der Waals surface area contributed by atoms with Crippen molar-refractivity contribution in [3.63, 3.8) is 0 Å². The van der Waals surface area contributed by atoms with Gasteiger partial charge in [-0.3, -0.25) is 14.8 Å². The maximum atomic E-state index is 13.2. The zero-order valence-corrected chi connectivity index (χ0v) is 17.4. The Bertz CT molecular complexity index is 1330. The van der Waals surface area contributed by atoms with Gasteiger partial charge in [-0.25, -0.2) is 14.1 Å². The number of alkyl halides is 3. The van der Waals surface area contributed by atoms with Crippen LogP contribution < -0.4 is 10.0 Å². The minimum atomic E-state index is -4.80. The highest BCUT2D eigenvalue weighted by atomic mass is 19.4. The van der Waals surface area contributed by atoms with Crippen LogP contribution in [0.2, 0.25) is 0 Å². The molecule has 0 unspecified atom stereocenters. The quantitative estimate of drug-likeness (QED) is 0.271. The molecule has 174 valence electrons. The monoisotopic (exact) mass is 473 g/mol. The molecule has 0 saturated carbocycles. The third-order valence-corrected chi connectivity index (χ3v) is 4.79. The first-order valence-corrected chi connectivity index (χ1v) is 9.72. The van der Waals surface area contributed by atoms with Gasteiger partial charge >= 0.3 is 6.18 Å². The summed E-state index contributed by atoms with van der Waals surface area (Å²) in [5.41, 5.74) is -0.735. The summed E-state index contributed by atoms with van der Waals surface area (Å²) in [6, 6.07) is 3.47. The highest BCUT2D eigenvalue weighted by Gasteiger charge is 2.39. The fraction of sp³-hybridized carbons (Fsp3) is 0.143. The Morgan fingerprint density at radius 2 is 1.94 bits per heavy atom. The predicted octanol–water partition coefficient (Wildman–Crippen LogP) is 3.01. The van der Waals surface area contributed by atoms with E-state index in [9.17, 15) is 27.6 Å². The second-order valence-electron chi connectivity index (χ2n) is 7.13. The van der Waals surface area contributed by atoms with E-state index in [1.54, 1.807) is 0 Å². The molecule has 1 N–H and O–H groups in total. The fourth-order valence-corrected chi connectivity index (χ4v) is 3.10. The number of carbonyl (C=O) groups excluding carboxylic acids is 1. The van der Waals surface area contributed by atoms with Crippen LogP contribution in [0.25, 0.3) is 17.2 Å². The number of nitrogens with zero attached hydrogens (tertiary/aromatic N) is 6. The average Bonchev–Trinajstić information content (AvgIpc) is 3.25. The van der Waals surface area contributed by atoms with Crippen molar-refractivity contribution < 1.29 is 27.1 Å². The van der Waals surface area contributed by atoms with Crippen LogP contribution in [0.3, 0.4) is 0 Å². The van der Waals surface area contributed by atoms with Crippen molar-refractivity contribution in [2.45, 2.75) is 19.1 Å². The van der Waals surface area contributed by atoms with Crippen molar-refractivity contribution in [3.8, 4) is 17.2 Å². The van der Waals surface area contributed by atoms with Crippen LogP contribution in [0.4, 0.5) is 17.6 Å². The number of hydrogen-bond donors (Lipinski definition) is 1. The molecule has 0 spiro atoms. The SMILES string of the molecule is C[C@@H](NC(=O)c1cn(-c2ccc(F)cn2)nc1-c1cnccn1)c1ccc(C(F)(F)F)[n+]([O-])c1. The van der Waals surface area contributed by atoms with Crippen LogP contribution in [0.1, 0.15) is 34.6 Å². The van der Waals surface area contributed by atoms with E-state index in [0.717, 1.165) is 18.5 Å². The number of nitrogens with one attached hydrogen (secondary N) is 1. The minimum absolute atomic E-state index is 0.0559. The van der Waals surface area contributed by atoms with Gasteiger partial charge in [-0.2, -0.15) is 23.0 Å². The molecule has 0 fully saturated rings. The highest BCUT2D eigenvalue weighted by molar-refractivity contribution is 5.99. The second kappa shape index (κ2) is 8.84. The van der Waals surface area contributed by atoms with Gasteiger partial charge in [0.15, 0.2) is 12.0 Å². The molecule has 34 heavy (non-hydrogen) atoms. The zero-order valence-electron chi connectivity index (χ0n) is 17.4. The van der Waals surface area contributed by atoms with E-state index in [-0.39, 0.29) is 33.1 Å². The summed E-state index contributed by atoms with van der Waals surface area (Å²) in [6.07, 6.45) is 2.53. The molecule has 0 bridgehead atoms. The Morgan fingerprint density at radius 3 is 2.56 bits per heavy atom. The summed E-state index contributed by atoms with van der Waals surface area (Å²) in [6.45, 7) is 1.51.